The number of carbonyl (C=O) groups is 1. The summed E-state index contributed by atoms with van der Waals surface area (Å²) in [7, 11) is 1.67. The summed E-state index contributed by atoms with van der Waals surface area (Å²) in [6, 6.07) is 6.61. The average molecular weight is 587 g/mol. The van der Waals surface area contributed by atoms with Gasteiger partial charge in [0.15, 0.2) is 0 Å². The van der Waals surface area contributed by atoms with Crippen LogP contribution in [-0.2, 0) is 24.7 Å². The van der Waals surface area contributed by atoms with Gasteiger partial charge in [0, 0.05) is 36.5 Å². The molecule has 1 aromatic carbocycles. The summed E-state index contributed by atoms with van der Waals surface area (Å²) in [5.41, 5.74) is 0.284. The van der Waals surface area contributed by atoms with Gasteiger partial charge in [-0.05, 0) is 85.7 Å². The zero-order valence-electron chi connectivity index (χ0n) is 23.7. The number of amides is 1. The van der Waals surface area contributed by atoms with Gasteiger partial charge in [-0.3, -0.25) is 20.5 Å². The lowest BCUT2D eigenvalue weighted by Crippen LogP contribution is -2.47. The molecule has 3 aliphatic rings. The van der Waals surface area contributed by atoms with Gasteiger partial charge in [0.2, 0.25) is 0 Å². The first-order chi connectivity index (χ1) is 19.4. The molecule has 3 N–H and O–H groups in total. The smallest absolute Gasteiger partial charge is 0.325 e. The van der Waals surface area contributed by atoms with Gasteiger partial charge in [-0.1, -0.05) is 13.3 Å². The molecule has 41 heavy (non-hydrogen) atoms. The van der Waals surface area contributed by atoms with Crippen molar-refractivity contribution in [3.63, 3.8) is 0 Å². The molecule has 0 saturated heterocycles. The summed E-state index contributed by atoms with van der Waals surface area (Å²) in [5, 5.41) is 20.1. The molecule has 2 aliphatic carbocycles. The first-order valence-corrected chi connectivity index (χ1v) is 15.1. The van der Waals surface area contributed by atoms with Crippen LogP contribution in [0.15, 0.2) is 29.3 Å². The number of halogens is 3. The van der Waals surface area contributed by atoms with Crippen LogP contribution >= 0.6 is 11.8 Å². The molecule has 220 valence electrons. The van der Waals surface area contributed by atoms with Gasteiger partial charge in [-0.2, -0.15) is 13.2 Å². The normalized spacial score (nSPS) is 18.9. The molecule has 5 rings (SSSR count). The number of hydrogen-bond acceptors (Lipinski definition) is 6. The fraction of sp³-hybridized carbons (Fsp3) is 0.533. The second-order valence-electron chi connectivity index (χ2n) is 11.8. The molecular formula is C30H37F3N6OS. The highest BCUT2D eigenvalue weighted by Crippen LogP contribution is 2.49. The Morgan fingerprint density at radius 2 is 1.90 bits per heavy atom. The quantitative estimate of drug-likeness (QED) is 0.163. The zero-order valence-corrected chi connectivity index (χ0v) is 24.6. The van der Waals surface area contributed by atoms with E-state index < -0.39 is 17.6 Å². The standard InChI is InChI=1S/C30H37F3N6OS/c1-4-41-26-14-20(29(9-6-10-29)15-24(35)38(3)18-34)13-25(37-26)39-17-22-21(27(39)40)11-19(12-23(22)30(31,32)33)16-36-28(2)7-5-8-28/h11-14,18,34-36H,4-10,15-17H2,1-3H3. The number of carbonyl (C=O) groups excluding carboxylic acids is 1. The molecule has 0 unspecified atom stereocenters. The van der Waals surface area contributed by atoms with Crippen molar-refractivity contribution in [2.24, 2.45) is 0 Å². The van der Waals surface area contributed by atoms with Gasteiger partial charge >= 0.3 is 6.18 Å². The number of hydrogen-bond donors (Lipinski definition) is 3. The van der Waals surface area contributed by atoms with Crippen molar-refractivity contribution in [1.29, 1.82) is 10.8 Å². The summed E-state index contributed by atoms with van der Waals surface area (Å²) < 4.78 is 42.8. The van der Waals surface area contributed by atoms with Crippen LogP contribution in [0.4, 0.5) is 19.0 Å². The number of thioether (sulfide) groups is 1. The molecule has 0 radical (unpaired) electrons. The van der Waals surface area contributed by atoms with Gasteiger partial charge < -0.3 is 10.2 Å². The molecule has 7 nitrogen and oxygen atoms in total. The lowest BCUT2D eigenvalue weighted by atomic mass is 9.62. The number of pyridine rings is 1. The molecular weight excluding hydrogens is 549 g/mol. The molecule has 2 fully saturated rings. The van der Waals surface area contributed by atoms with Crippen molar-refractivity contribution in [1.82, 2.24) is 15.2 Å². The van der Waals surface area contributed by atoms with Crippen LogP contribution in [0.5, 0.6) is 0 Å². The Bertz CT molecular complexity index is 1370. The summed E-state index contributed by atoms with van der Waals surface area (Å²) in [4.78, 5) is 21.3. The third-order valence-corrected chi connectivity index (χ3v) is 9.78. The van der Waals surface area contributed by atoms with Crippen molar-refractivity contribution in [2.75, 3.05) is 17.7 Å². The van der Waals surface area contributed by atoms with Crippen LogP contribution < -0.4 is 10.2 Å². The Morgan fingerprint density at radius 1 is 1.20 bits per heavy atom. The number of aromatic nitrogens is 1. The van der Waals surface area contributed by atoms with Crippen LogP contribution in [0.2, 0.25) is 0 Å². The van der Waals surface area contributed by atoms with Crippen LogP contribution in [-0.4, -0.2) is 46.3 Å². The van der Waals surface area contributed by atoms with Crippen LogP contribution in [0.25, 0.3) is 0 Å². The van der Waals surface area contributed by atoms with E-state index in [1.54, 1.807) is 13.1 Å². The van der Waals surface area contributed by atoms with E-state index in [-0.39, 0.29) is 35.2 Å². The van der Waals surface area contributed by atoms with Gasteiger partial charge in [0.05, 0.1) is 23.5 Å². The number of benzene rings is 1. The van der Waals surface area contributed by atoms with Crippen molar-refractivity contribution in [2.45, 2.75) is 94.0 Å². The molecule has 2 aromatic rings. The van der Waals surface area contributed by atoms with E-state index in [1.807, 2.05) is 19.1 Å². The maximum Gasteiger partial charge on any atom is 0.416 e. The Balaban J connectivity index is 1.50. The number of nitrogens with one attached hydrogen (secondary N) is 3. The van der Waals surface area contributed by atoms with Crippen molar-refractivity contribution in [3.8, 4) is 0 Å². The molecule has 1 aliphatic heterocycles. The third-order valence-electron chi connectivity index (χ3n) is 8.99. The largest absolute Gasteiger partial charge is 0.416 e. The molecule has 2 saturated carbocycles. The van der Waals surface area contributed by atoms with E-state index in [9.17, 15) is 18.0 Å². The minimum Gasteiger partial charge on any atom is -0.325 e. The lowest BCUT2D eigenvalue weighted by molar-refractivity contribution is -0.138. The second-order valence-corrected chi connectivity index (χ2v) is 13.1. The van der Waals surface area contributed by atoms with Crippen molar-refractivity contribution < 1.29 is 18.0 Å². The average Bonchev–Trinajstić information content (AvgIpc) is 3.22. The maximum absolute atomic E-state index is 14.3. The Hall–Kier alpha value is -2.92. The van der Waals surface area contributed by atoms with Crippen LogP contribution in [0, 0.1) is 10.8 Å². The number of fused-ring (bicyclic) bond motifs is 1. The van der Waals surface area contributed by atoms with E-state index in [0.29, 0.717) is 28.7 Å². The van der Waals surface area contributed by atoms with Gasteiger partial charge in [-0.15, -0.1) is 11.8 Å². The monoisotopic (exact) mass is 586 g/mol. The summed E-state index contributed by atoms with van der Waals surface area (Å²) in [6.45, 7) is 4.15. The second kappa shape index (κ2) is 11.1. The van der Waals surface area contributed by atoms with E-state index in [0.717, 1.165) is 56.2 Å². The predicted octanol–water partition coefficient (Wildman–Crippen LogP) is 6.73. The van der Waals surface area contributed by atoms with E-state index in [1.165, 1.54) is 27.6 Å². The number of amidine groups is 1. The first-order valence-electron chi connectivity index (χ1n) is 14.1. The zero-order chi connectivity index (χ0) is 29.6. The minimum absolute atomic E-state index is 0.00857. The molecule has 1 aromatic heterocycles. The highest BCUT2D eigenvalue weighted by Gasteiger charge is 2.43. The molecule has 0 atom stereocenters. The Labute approximate surface area is 243 Å². The van der Waals surface area contributed by atoms with Crippen molar-refractivity contribution >= 4 is 35.7 Å². The van der Waals surface area contributed by atoms with Crippen molar-refractivity contribution in [3.05, 3.63) is 52.1 Å². The summed E-state index contributed by atoms with van der Waals surface area (Å²) in [6.07, 6.45) is 2.71. The molecule has 1 amide bonds. The summed E-state index contributed by atoms with van der Waals surface area (Å²) in [5.74, 6) is 0.932. The molecule has 0 bridgehead atoms. The predicted molar refractivity (Wildman–Crippen MR) is 156 cm³/mol. The fourth-order valence-electron chi connectivity index (χ4n) is 6.06. The van der Waals surface area contributed by atoms with Crippen LogP contribution in [0.1, 0.15) is 91.4 Å². The van der Waals surface area contributed by atoms with Gasteiger partial charge in [-0.25, -0.2) is 4.98 Å². The number of alkyl halides is 3. The third kappa shape index (κ3) is 5.75. The Kier molecular flexibility index (Phi) is 7.97. The SMILES string of the molecule is CCSc1cc(C2(CC(=N)N(C)C=N)CCC2)cc(N2Cc3c(cc(CNC4(C)CCC4)cc3C(F)(F)F)C2=O)n1. The van der Waals surface area contributed by atoms with Gasteiger partial charge in [0.25, 0.3) is 5.91 Å². The minimum atomic E-state index is -4.59. The van der Waals surface area contributed by atoms with Gasteiger partial charge in [0.1, 0.15) is 11.7 Å². The highest BCUT2D eigenvalue weighted by molar-refractivity contribution is 7.99. The molecule has 11 heteroatoms. The first kappa shape index (κ1) is 29.6. The van der Waals surface area contributed by atoms with Crippen LogP contribution in [0.3, 0.4) is 0 Å². The topological polar surface area (TPSA) is 96.2 Å². The molecule has 2 heterocycles. The highest BCUT2D eigenvalue weighted by atomic mass is 32.2. The number of anilines is 1. The maximum atomic E-state index is 14.3. The lowest BCUT2D eigenvalue weighted by Gasteiger charge is -2.43. The fourth-order valence-corrected chi connectivity index (χ4v) is 6.72. The van der Waals surface area contributed by atoms with E-state index in [4.69, 9.17) is 15.8 Å². The van der Waals surface area contributed by atoms with E-state index >= 15 is 0 Å². The van der Waals surface area contributed by atoms with E-state index in [2.05, 4.69) is 12.2 Å². The summed E-state index contributed by atoms with van der Waals surface area (Å²) >= 11 is 1.52. The number of nitrogens with zero attached hydrogens (tertiary/aromatic N) is 3. The number of rotatable bonds is 10. The molecule has 0 spiro atoms. The Morgan fingerprint density at radius 3 is 2.46 bits per heavy atom.